The minimum Gasteiger partial charge on any atom is -0.354 e. The van der Waals surface area contributed by atoms with Crippen molar-refractivity contribution in [1.29, 1.82) is 5.41 Å². The fraction of sp³-hybridized carbons (Fsp3) is 0.154. The van der Waals surface area contributed by atoms with Crippen LogP contribution in [0.15, 0.2) is 72.8 Å². The average Bonchev–Trinajstić information content (AvgIpc) is 3.06. The molecule has 0 radical (unpaired) electrons. The van der Waals surface area contributed by atoms with Crippen LogP contribution in [0, 0.1) is 19.3 Å². The Bertz CT molecular complexity index is 1320. The topological polar surface area (TPSA) is 62.8 Å². The first-order valence-corrected chi connectivity index (χ1v) is 10.3. The number of rotatable bonds is 5. The van der Waals surface area contributed by atoms with Crippen LogP contribution in [0.2, 0.25) is 0 Å². The lowest BCUT2D eigenvalue weighted by molar-refractivity contribution is -0.115. The molecule has 5 heteroatoms. The maximum Gasteiger partial charge on any atom is 0.268 e. The zero-order chi connectivity index (χ0) is 22.0. The van der Waals surface area contributed by atoms with Crippen molar-refractivity contribution >= 4 is 28.7 Å². The maximum absolute atomic E-state index is 12.9. The van der Waals surface area contributed by atoms with Gasteiger partial charge in [0.1, 0.15) is 5.70 Å². The highest BCUT2D eigenvalue weighted by atomic mass is 16.2. The summed E-state index contributed by atoms with van der Waals surface area (Å²) in [7, 11) is 1.61. The van der Waals surface area contributed by atoms with Gasteiger partial charge in [-0.3, -0.25) is 14.8 Å². The van der Waals surface area contributed by atoms with E-state index in [9.17, 15) is 4.79 Å². The number of hydrogen-bond donors (Lipinski definition) is 2. The van der Waals surface area contributed by atoms with Crippen molar-refractivity contribution in [2.24, 2.45) is 0 Å². The van der Waals surface area contributed by atoms with Gasteiger partial charge in [0, 0.05) is 7.05 Å². The van der Waals surface area contributed by atoms with Crippen molar-refractivity contribution in [1.82, 2.24) is 14.5 Å². The van der Waals surface area contributed by atoms with E-state index < -0.39 is 0 Å². The molecule has 2 N–H and O–H groups in total. The van der Waals surface area contributed by atoms with E-state index in [1.165, 1.54) is 5.56 Å². The van der Waals surface area contributed by atoms with Crippen LogP contribution in [0.3, 0.4) is 0 Å². The second-order valence-electron chi connectivity index (χ2n) is 7.74. The first-order valence-electron chi connectivity index (χ1n) is 10.3. The molecule has 0 aliphatic rings. The van der Waals surface area contributed by atoms with Gasteiger partial charge in [-0.05, 0) is 43.2 Å². The zero-order valence-corrected chi connectivity index (χ0v) is 18.0. The number of fused-ring (bicyclic) bond motifs is 1. The van der Waals surface area contributed by atoms with Crippen molar-refractivity contribution in [3.63, 3.8) is 0 Å². The third kappa shape index (κ3) is 4.08. The Labute approximate surface area is 181 Å². The molecule has 0 atom stereocenters. The number of imidazole rings is 1. The SMILES string of the molecule is CNC(=O)/C(=C\c1ccc(C)cc1)n1c(=N)n(Cc2ccc(C)cc2)c2ccccc21. The van der Waals surface area contributed by atoms with Crippen LogP contribution in [0.1, 0.15) is 22.3 Å². The van der Waals surface area contributed by atoms with E-state index in [2.05, 4.69) is 36.5 Å². The van der Waals surface area contributed by atoms with E-state index in [4.69, 9.17) is 5.41 Å². The van der Waals surface area contributed by atoms with Gasteiger partial charge in [-0.15, -0.1) is 0 Å². The van der Waals surface area contributed by atoms with Gasteiger partial charge in [0.05, 0.1) is 17.6 Å². The van der Waals surface area contributed by atoms with Crippen LogP contribution >= 0.6 is 0 Å². The number of amides is 1. The Morgan fingerprint density at radius 1 is 0.903 bits per heavy atom. The lowest BCUT2D eigenvalue weighted by atomic mass is 10.1. The van der Waals surface area contributed by atoms with E-state index in [1.807, 2.05) is 66.1 Å². The van der Waals surface area contributed by atoms with Gasteiger partial charge in [-0.1, -0.05) is 71.8 Å². The van der Waals surface area contributed by atoms with E-state index >= 15 is 0 Å². The fourth-order valence-electron chi connectivity index (χ4n) is 3.69. The molecule has 4 aromatic rings. The van der Waals surface area contributed by atoms with Crippen LogP contribution in [-0.2, 0) is 11.3 Å². The first kappa shape index (κ1) is 20.4. The highest BCUT2D eigenvalue weighted by Gasteiger charge is 2.18. The molecule has 4 rings (SSSR count). The number of carbonyl (C=O) groups excluding carboxylic acids is 1. The molecular formula is C26H26N4O. The van der Waals surface area contributed by atoms with Crippen molar-refractivity contribution in [2.45, 2.75) is 20.4 Å². The molecule has 0 aliphatic heterocycles. The van der Waals surface area contributed by atoms with Crippen molar-refractivity contribution in [3.8, 4) is 0 Å². The Kier molecular flexibility index (Phi) is 5.58. The second kappa shape index (κ2) is 8.48. The summed E-state index contributed by atoms with van der Waals surface area (Å²) in [6, 6.07) is 24.1. The summed E-state index contributed by atoms with van der Waals surface area (Å²) in [5, 5.41) is 11.7. The molecule has 0 unspecified atom stereocenters. The molecule has 0 saturated heterocycles. The summed E-state index contributed by atoms with van der Waals surface area (Å²) in [5.41, 5.74) is 6.77. The number of para-hydroxylation sites is 2. The molecule has 0 bridgehead atoms. The average molecular weight is 411 g/mol. The normalized spacial score (nSPS) is 11.6. The number of aromatic nitrogens is 2. The standard InChI is InChI=1S/C26H26N4O/c1-18-8-12-20(13-9-18)16-24(25(31)28-3)30-23-7-5-4-6-22(23)29(26(30)27)17-21-14-10-19(2)11-15-21/h4-16,27H,17H2,1-3H3,(H,28,31)/b24-16+,27-26?. The summed E-state index contributed by atoms with van der Waals surface area (Å²) >= 11 is 0. The highest BCUT2D eigenvalue weighted by Crippen LogP contribution is 2.20. The molecule has 0 saturated carbocycles. The maximum atomic E-state index is 12.9. The molecule has 1 aromatic heterocycles. The van der Waals surface area contributed by atoms with E-state index in [-0.39, 0.29) is 11.5 Å². The number of benzene rings is 3. The van der Waals surface area contributed by atoms with Crippen molar-refractivity contribution < 1.29 is 4.79 Å². The predicted molar refractivity (Wildman–Crippen MR) is 125 cm³/mol. The van der Waals surface area contributed by atoms with Gasteiger partial charge in [0.15, 0.2) is 0 Å². The first-order chi connectivity index (χ1) is 15.0. The van der Waals surface area contributed by atoms with Gasteiger partial charge in [0.25, 0.3) is 5.91 Å². The molecule has 5 nitrogen and oxygen atoms in total. The molecule has 1 amide bonds. The lowest BCUT2D eigenvalue weighted by Crippen LogP contribution is -2.30. The molecule has 1 heterocycles. The molecule has 3 aromatic carbocycles. The number of likely N-dealkylation sites (N-methyl/N-ethyl adjacent to an activating group) is 1. The van der Waals surface area contributed by atoms with E-state index in [0.29, 0.717) is 12.2 Å². The smallest absolute Gasteiger partial charge is 0.268 e. The second-order valence-corrected chi connectivity index (χ2v) is 7.74. The Morgan fingerprint density at radius 3 is 2.10 bits per heavy atom. The largest absolute Gasteiger partial charge is 0.354 e. The lowest BCUT2D eigenvalue weighted by Gasteiger charge is -2.10. The van der Waals surface area contributed by atoms with Gasteiger partial charge >= 0.3 is 0 Å². The highest BCUT2D eigenvalue weighted by molar-refractivity contribution is 6.19. The van der Waals surface area contributed by atoms with Crippen molar-refractivity contribution in [3.05, 3.63) is 101 Å². The molecule has 156 valence electrons. The quantitative estimate of drug-likeness (QED) is 0.473. The summed E-state index contributed by atoms with van der Waals surface area (Å²) in [6.45, 7) is 4.64. The summed E-state index contributed by atoms with van der Waals surface area (Å²) in [4.78, 5) is 12.9. The fourth-order valence-corrected chi connectivity index (χ4v) is 3.69. The molecule has 0 aliphatic carbocycles. The molecular weight excluding hydrogens is 384 g/mol. The van der Waals surface area contributed by atoms with Gasteiger partial charge in [0.2, 0.25) is 5.62 Å². The van der Waals surface area contributed by atoms with Crippen LogP contribution < -0.4 is 10.9 Å². The number of carbonyl (C=O) groups is 1. The molecule has 0 spiro atoms. The Morgan fingerprint density at radius 2 is 1.48 bits per heavy atom. The van der Waals surface area contributed by atoms with Gasteiger partial charge in [-0.2, -0.15) is 0 Å². The van der Waals surface area contributed by atoms with Crippen LogP contribution in [0.25, 0.3) is 22.8 Å². The third-order valence-corrected chi connectivity index (χ3v) is 5.42. The monoisotopic (exact) mass is 410 g/mol. The number of nitrogens with zero attached hydrogens (tertiary/aromatic N) is 2. The summed E-state index contributed by atoms with van der Waals surface area (Å²) < 4.78 is 3.66. The summed E-state index contributed by atoms with van der Waals surface area (Å²) in [6.07, 6.45) is 1.83. The predicted octanol–water partition coefficient (Wildman–Crippen LogP) is 4.33. The van der Waals surface area contributed by atoms with Crippen LogP contribution in [0.4, 0.5) is 0 Å². The zero-order valence-electron chi connectivity index (χ0n) is 18.0. The molecule has 0 fully saturated rings. The number of nitrogens with one attached hydrogen (secondary N) is 2. The van der Waals surface area contributed by atoms with E-state index in [0.717, 1.165) is 27.7 Å². The molecule has 31 heavy (non-hydrogen) atoms. The van der Waals surface area contributed by atoms with Gasteiger partial charge < -0.3 is 9.88 Å². The minimum atomic E-state index is -0.239. The summed E-state index contributed by atoms with van der Waals surface area (Å²) in [5.74, 6) is -0.239. The van der Waals surface area contributed by atoms with Crippen molar-refractivity contribution in [2.75, 3.05) is 7.05 Å². The van der Waals surface area contributed by atoms with Crippen LogP contribution in [-0.4, -0.2) is 22.1 Å². The minimum absolute atomic E-state index is 0.239. The van der Waals surface area contributed by atoms with Crippen LogP contribution in [0.5, 0.6) is 0 Å². The Balaban J connectivity index is 1.91. The number of hydrogen-bond acceptors (Lipinski definition) is 2. The Hall–Kier alpha value is -3.86. The van der Waals surface area contributed by atoms with Gasteiger partial charge in [-0.25, -0.2) is 0 Å². The third-order valence-electron chi connectivity index (χ3n) is 5.42. The number of aryl methyl sites for hydroxylation is 2. The van der Waals surface area contributed by atoms with E-state index in [1.54, 1.807) is 11.6 Å².